The summed E-state index contributed by atoms with van der Waals surface area (Å²) in [6.45, 7) is 1.72. The van der Waals surface area contributed by atoms with Crippen LogP contribution in [0.15, 0.2) is 65.7 Å². The first-order valence-electron chi connectivity index (χ1n) is 7.43. The van der Waals surface area contributed by atoms with Crippen molar-refractivity contribution in [2.24, 2.45) is 0 Å². The van der Waals surface area contributed by atoms with E-state index in [2.05, 4.69) is 15.0 Å². The number of aryl methyl sites for hydroxylation is 1. The van der Waals surface area contributed by atoms with Gasteiger partial charge in [-0.2, -0.15) is 0 Å². The molecule has 24 heavy (non-hydrogen) atoms. The normalized spacial score (nSPS) is 11.3. The van der Waals surface area contributed by atoms with Gasteiger partial charge in [0.1, 0.15) is 5.82 Å². The summed E-state index contributed by atoms with van der Waals surface area (Å²) in [6, 6.07) is 13.9. The number of benzene rings is 1. The second-order valence-corrected chi connectivity index (χ2v) is 5.27. The van der Waals surface area contributed by atoms with E-state index in [-0.39, 0.29) is 17.2 Å². The number of ketones is 1. The number of carbonyl (C=O) groups is 1. The number of rotatable bonds is 4. The van der Waals surface area contributed by atoms with Crippen LogP contribution in [0.1, 0.15) is 27.4 Å². The highest BCUT2D eigenvalue weighted by atomic mass is 16.1. The Labute approximate surface area is 138 Å². The van der Waals surface area contributed by atoms with Crippen LogP contribution < -0.4 is 5.56 Å². The van der Waals surface area contributed by atoms with Crippen molar-refractivity contribution in [3.05, 3.63) is 93.9 Å². The minimum atomic E-state index is -0.296. The molecule has 0 bridgehead atoms. The van der Waals surface area contributed by atoms with Crippen LogP contribution >= 0.6 is 0 Å². The zero-order valence-electron chi connectivity index (χ0n) is 13.1. The van der Waals surface area contributed by atoms with E-state index in [1.54, 1.807) is 55.7 Å². The Morgan fingerprint density at radius 2 is 1.92 bits per heavy atom. The molecule has 0 fully saturated rings. The summed E-state index contributed by atoms with van der Waals surface area (Å²) in [6.07, 6.45) is 4.98. The quantitative estimate of drug-likeness (QED) is 0.593. The number of hydrogen-bond donors (Lipinski definition) is 1. The third kappa shape index (κ3) is 3.52. The molecule has 0 aliphatic carbocycles. The van der Waals surface area contributed by atoms with Crippen molar-refractivity contribution in [3.63, 3.8) is 0 Å². The standard InChI is InChI=1S/C19H15N3O2/c1-13-10-17(23)22-19(21-13)16(11-14-6-5-9-20-12-14)18(24)15-7-3-2-4-8-15/h2-12H,1H3,(H,21,22,23). The predicted molar refractivity (Wildman–Crippen MR) is 92.5 cm³/mol. The number of aromatic amines is 1. The summed E-state index contributed by atoms with van der Waals surface area (Å²) in [5.41, 5.74) is 1.84. The Morgan fingerprint density at radius 1 is 1.12 bits per heavy atom. The topological polar surface area (TPSA) is 75.7 Å². The zero-order chi connectivity index (χ0) is 16.9. The number of nitrogens with one attached hydrogen (secondary N) is 1. The average molecular weight is 317 g/mol. The summed E-state index contributed by atoms with van der Waals surface area (Å²) >= 11 is 0. The van der Waals surface area contributed by atoms with Gasteiger partial charge in [0.2, 0.25) is 0 Å². The molecule has 0 unspecified atom stereocenters. The SMILES string of the molecule is Cc1cc(=O)[nH]c(C(=Cc2cccnc2)C(=O)c2ccccc2)n1. The van der Waals surface area contributed by atoms with E-state index < -0.39 is 0 Å². The van der Waals surface area contributed by atoms with Crippen LogP contribution in [-0.2, 0) is 0 Å². The Bertz CT molecular complexity index is 945. The highest BCUT2D eigenvalue weighted by molar-refractivity contribution is 6.31. The van der Waals surface area contributed by atoms with Crippen LogP contribution in [0.25, 0.3) is 11.6 Å². The van der Waals surface area contributed by atoms with Crippen molar-refractivity contribution in [2.75, 3.05) is 0 Å². The highest BCUT2D eigenvalue weighted by Crippen LogP contribution is 2.19. The second kappa shape index (κ2) is 6.83. The number of Topliss-reactive ketones (excluding diaryl/α,β-unsaturated/α-hetero) is 1. The molecule has 0 amide bonds. The van der Waals surface area contributed by atoms with Gasteiger partial charge in [-0.3, -0.25) is 14.6 Å². The number of pyridine rings is 1. The second-order valence-electron chi connectivity index (χ2n) is 5.27. The molecule has 5 nitrogen and oxygen atoms in total. The number of nitrogens with zero attached hydrogens (tertiary/aromatic N) is 2. The lowest BCUT2D eigenvalue weighted by atomic mass is 10.0. The van der Waals surface area contributed by atoms with E-state index in [0.717, 1.165) is 5.56 Å². The third-order valence-electron chi connectivity index (χ3n) is 3.40. The van der Waals surface area contributed by atoms with Crippen LogP contribution in [0.3, 0.4) is 0 Å². The molecular formula is C19H15N3O2. The number of allylic oxidation sites excluding steroid dienone is 1. The first-order valence-corrected chi connectivity index (χ1v) is 7.43. The van der Waals surface area contributed by atoms with Crippen molar-refractivity contribution < 1.29 is 4.79 Å². The Morgan fingerprint density at radius 3 is 2.58 bits per heavy atom. The largest absolute Gasteiger partial charge is 0.306 e. The lowest BCUT2D eigenvalue weighted by Crippen LogP contribution is -2.14. The van der Waals surface area contributed by atoms with E-state index in [0.29, 0.717) is 16.8 Å². The molecule has 0 atom stereocenters. The van der Waals surface area contributed by atoms with Crippen LogP contribution in [-0.4, -0.2) is 20.7 Å². The van der Waals surface area contributed by atoms with Crippen molar-refractivity contribution in [3.8, 4) is 0 Å². The number of hydrogen-bond acceptors (Lipinski definition) is 4. The fourth-order valence-corrected chi connectivity index (χ4v) is 2.32. The maximum Gasteiger partial charge on any atom is 0.251 e. The molecule has 118 valence electrons. The van der Waals surface area contributed by atoms with Crippen molar-refractivity contribution in [1.29, 1.82) is 0 Å². The fraction of sp³-hybridized carbons (Fsp3) is 0.0526. The first kappa shape index (κ1) is 15.6. The van der Waals surface area contributed by atoms with Gasteiger partial charge in [-0.15, -0.1) is 0 Å². The van der Waals surface area contributed by atoms with Crippen LogP contribution in [0.4, 0.5) is 0 Å². The molecule has 0 spiro atoms. The molecule has 2 aromatic heterocycles. The first-order chi connectivity index (χ1) is 11.6. The van der Waals surface area contributed by atoms with Crippen molar-refractivity contribution in [2.45, 2.75) is 6.92 Å². The van der Waals surface area contributed by atoms with E-state index in [9.17, 15) is 9.59 Å². The Balaban J connectivity index is 2.16. The summed E-state index contributed by atoms with van der Waals surface area (Å²) in [4.78, 5) is 35.7. The molecule has 1 N–H and O–H groups in total. The van der Waals surface area contributed by atoms with Crippen LogP contribution in [0.5, 0.6) is 0 Å². The summed E-state index contributed by atoms with van der Waals surface area (Å²) in [7, 11) is 0. The summed E-state index contributed by atoms with van der Waals surface area (Å²) in [5.74, 6) is 0.0332. The van der Waals surface area contributed by atoms with Crippen molar-refractivity contribution >= 4 is 17.4 Å². The molecule has 3 aromatic rings. The predicted octanol–water partition coefficient (Wildman–Crippen LogP) is 2.90. The molecule has 5 heteroatoms. The third-order valence-corrected chi connectivity index (χ3v) is 3.40. The van der Waals surface area contributed by atoms with Gasteiger partial charge in [0.05, 0.1) is 5.57 Å². The van der Waals surface area contributed by atoms with Crippen molar-refractivity contribution in [1.82, 2.24) is 15.0 Å². The molecule has 0 radical (unpaired) electrons. The molecule has 0 aliphatic rings. The van der Waals surface area contributed by atoms with Gasteiger partial charge in [0.25, 0.3) is 5.56 Å². The molecular weight excluding hydrogens is 302 g/mol. The lowest BCUT2D eigenvalue weighted by Gasteiger charge is -2.07. The van der Waals surface area contributed by atoms with Gasteiger partial charge in [0.15, 0.2) is 5.78 Å². The summed E-state index contributed by atoms with van der Waals surface area (Å²) < 4.78 is 0. The van der Waals surface area contributed by atoms with E-state index in [1.165, 1.54) is 6.07 Å². The lowest BCUT2D eigenvalue weighted by molar-refractivity contribution is 0.105. The van der Waals surface area contributed by atoms with E-state index in [4.69, 9.17) is 0 Å². The smallest absolute Gasteiger partial charge is 0.251 e. The average Bonchev–Trinajstić information content (AvgIpc) is 2.60. The maximum absolute atomic E-state index is 12.9. The number of aromatic nitrogens is 3. The van der Waals surface area contributed by atoms with Gasteiger partial charge in [-0.25, -0.2) is 4.98 Å². The van der Waals surface area contributed by atoms with Gasteiger partial charge >= 0.3 is 0 Å². The molecule has 1 aromatic carbocycles. The molecule has 3 rings (SSSR count). The minimum absolute atomic E-state index is 0.215. The number of carbonyl (C=O) groups excluding carboxylic acids is 1. The molecule has 0 saturated carbocycles. The fourth-order valence-electron chi connectivity index (χ4n) is 2.32. The van der Waals surface area contributed by atoms with Crippen LogP contribution in [0.2, 0.25) is 0 Å². The van der Waals surface area contributed by atoms with Crippen LogP contribution in [0, 0.1) is 6.92 Å². The highest BCUT2D eigenvalue weighted by Gasteiger charge is 2.17. The minimum Gasteiger partial charge on any atom is -0.306 e. The molecule has 0 saturated heterocycles. The monoisotopic (exact) mass is 317 g/mol. The van der Waals surface area contributed by atoms with Gasteiger partial charge in [-0.1, -0.05) is 36.4 Å². The maximum atomic E-state index is 12.9. The summed E-state index contributed by atoms with van der Waals surface area (Å²) in [5, 5.41) is 0. The van der Waals surface area contributed by atoms with E-state index >= 15 is 0 Å². The van der Waals surface area contributed by atoms with Gasteiger partial charge in [0, 0.05) is 29.7 Å². The zero-order valence-corrected chi connectivity index (χ0v) is 13.1. The Hall–Kier alpha value is -3.34. The number of H-pyrrole nitrogens is 1. The molecule has 0 aliphatic heterocycles. The van der Waals surface area contributed by atoms with Gasteiger partial charge < -0.3 is 4.98 Å². The van der Waals surface area contributed by atoms with E-state index in [1.807, 2.05) is 12.1 Å². The Kier molecular flexibility index (Phi) is 4.43. The van der Waals surface area contributed by atoms with Gasteiger partial charge in [-0.05, 0) is 24.6 Å². The molecule has 2 heterocycles.